The molecule has 0 aliphatic rings. The van der Waals surface area contributed by atoms with Gasteiger partial charge in [-0.05, 0) is 12.0 Å². The molecular formula is C8H13N. The van der Waals surface area contributed by atoms with Gasteiger partial charge >= 0.3 is 0 Å². The maximum Gasteiger partial charge on any atom is 0.0177 e. The molecule has 1 N–H and O–H groups in total. The lowest BCUT2D eigenvalue weighted by molar-refractivity contribution is 0.832. The van der Waals surface area contributed by atoms with Gasteiger partial charge in [0, 0.05) is 6.21 Å². The third-order valence-electron chi connectivity index (χ3n) is 0.814. The van der Waals surface area contributed by atoms with Crippen molar-refractivity contribution in [1.29, 1.82) is 5.41 Å². The van der Waals surface area contributed by atoms with Crippen LogP contribution >= 0.6 is 0 Å². The molecule has 0 saturated carbocycles. The van der Waals surface area contributed by atoms with Crippen molar-refractivity contribution in [3.05, 3.63) is 24.3 Å². The van der Waals surface area contributed by atoms with E-state index in [2.05, 4.69) is 19.9 Å². The van der Waals surface area contributed by atoms with Gasteiger partial charge in [0.1, 0.15) is 0 Å². The SMILES string of the molecule is CC(C)/C=C\C=C/C=N. The summed E-state index contributed by atoms with van der Waals surface area (Å²) in [7, 11) is 0. The van der Waals surface area contributed by atoms with E-state index in [1.807, 2.05) is 12.2 Å². The first kappa shape index (κ1) is 8.15. The lowest BCUT2D eigenvalue weighted by atomic mass is 10.2. The molecule has 50 valence electrons. The highest BCUT2D eigenvalue weighted by Crippen LogP contribution is 1.92. The first-order valence-corrected chi connectivity index (χ1v) is 3.11. The van der Waals surface area contributed by atoms with Crippen LogP contribution in [0.2, 0.25) is 0 Å². The van der Waals surface area contributed by atoms with Crippen molar-refractivity contribution in [2.24, 2.45) is 5.92 Å². The van der Waals surface area contributed by atoms with Crippen molar-refractivity contribution in [1.82, 2.24) is 0 Å². The molecule has 0 aromatic carbocycles. The fourth-order valence-electron chi connectivity index (χ4n) is 0.406. The van der Waals surface area contributed by atoms with Gasteiger partial charge in [-0.25, -0.2) is 0 Å². The topological polar surface area (TPSA) is 23.9 Å². The Labute approximate surface area is 56.6 Å². The summed E-state index contributed by atoms with van der Waals surface area (Å²) in [5, 5.41) is 6.64. The van der Waals surface area contributed by atoms with Crippen LogP contribution < -0.4 is 0 Å². The Morgan fingerprint density at radius 1 is 1.11 bits per heavy atom. The van der Waals surface area contributed by atoms with Gasteiger partial charge in [-0.2, -0.15) is 0 Å². The van der Waals surface area contributed by atoms with E-state index in [-0.39, 0.29) is 0 Å². The molecule has 0 aromatic rings. The zero-order valence-electron chi connectivity index (χ0n) is 5.96. The van der Waals surface area contributed by atoms with Gasteiger partial charge in [-0.3, -0.25) is 0 Å². The summed E-state index contributed by atoms with van der Waals surface area (Å²) in [6.07, 6.45) is 8.85. The molecule has 0 fully saturated rings. The average molecular weight is 123 g/mol. The Morgan fingerprint density at radius 2 is 1.78 bits per heavy atom. The van der Waals surface area contributed by atoms with Crippen LogP contribution in [0.5, 0.6) is 0 Å². The first-order valence-electron chi connectivity index (χ1n) is 3.11. The van der Waals surface area contributed by atoms with E-state index >= 15 is 0 Å². The third kappa shape index (κ3) is 7.15. The van der Waals surface area contributed by atoms with Gasteiger partial charge in [0.15, 0.2) is 0 Å². The van der Waals surface area contributed by atoms with Crippen molar-refractivity contribution in [3.8, 4) is 0 Å². The molecule has 0 aromatic heterocycles. The Balaban J connectivity index is 3.46. The molecule has 1 heteroatoms. The minimum absolute atomic E-state index is 0.598. The number of allylic oxidation sites excluding steroid dienone is 4. The molecule has 0 spiro atoms. The van der Waals surface area contributed by atoms with Crippen molar-refractivity contribution in [2.45, 2.75) is 13.8 Å². The highest BCUT2D eigenvalue weighted by atomic mass is 14.3. The zero-order chi connectivity index (χ0) is 7.11. The second kappa shape index (κ2) is 5.29. The molecule has 0 radical (unpaired) electrons. The van der Waals surface area contributed by atoms with Gasteiger partial charge < -0.3 is 5.41 Å². The Kier molecular flexibility index (Phi) is 4.79. The molecular weight excluding hydrogens is 110 g/mol. The average Bonchev–Trinajstić information content (AvgIpc) is 1.80. The van der Waals surface area contributed by atoms with Crippen LogP contribution in [0.3, 0.4) is 0 Å². The van der Waals surface area contributed by atoms with E-state index in [1.165, 1.54) is 6.21 Å². The second-order valence-corrected chi connectivity index (χ2v) is 2.18. The van der Waals surface area contributed by atoms with Gasteiger partial charge in [0.2, 0.25) is 0 Å². The molecule has 0 unspecified atom stereocenters. The van der Waals surface area contributed by atoms with E-state index < -0.39 is 0 Å². The second-order valence-electron chi connectivity index (χ2n) is 2.18. The predicted octanol–water partition coefficient (Wildman–Crippen LogP) is 2.40. The minimum atomic E-state index is 0.598. The smallest absolute Gasteiger partial charge is 0.0177 e. The van der Waals surface area contributed by atoms with Crippen LogP contribution in [0.15, 0.2) is 24.3 Å². The molecule has 0 rings (SSSR count). The lowest BCUT2D eigenvalue weighted by Crippen LogP contribution is -1.74. The summed E-state index contributed by atoms with van der Waals surface area (Å²) < 4.78 is 0. The van der Waals surface area contributed by atoms with Crippen LogP contribution in [-0.2, 0) is 0 Å². The first-order chi connectivity index (χ1) is 4.27. The lowest BCUT2D eigenvalue weighted by Gasteiger charge is -1.88. The standard InChI is InChI=1S/C8H13N/c1-8(2)6-4-3-5-7-9/h3-9H,1-2H3/b5-3-,6-4-,9-7?. The Morgan fingerprint density at radius 3 is 2.22 bits per heavy atom. The Bertz CT molecular complexity index is 121. The van der Waals surface area contributed by atoms with E-state index in [4.69, 9.17) is 5.41 Å². The highest BCUT2D eigenvalue weighted by Gasteiger charge is 1.78. The van der Waals surface area contributed by atoms with E-state index in [0.29, 0.717) is 5.92 Å². The molecule has 0 aliphatic heterocycles. The maximum atomic E-state index is 6.64. The van der Waals surface area contributed by atoms with Crippen LogP contribution in [-0.4, -0.2) is 6.21 Å². The van der Waals surface area contributed by atoms with Crippen molar-refractivity contribution >= 4 is 6.21 Å². The molecule has 0 bridgehead atoms. The van der Waals surface area contributed by atoms with Gasteiger partial charge in [-0.15, -0.1) is 0 Å². The monoisotopic (exact) mass is 123 g/mol. The molecule has 0 atom stereocenters. The number of rotatable bonds is 3. The fraction of sp³-hybridized carbons (Fsp3) is 0.375. The number of hydrogen-bond acceptors (Lipinski definition) is 1. The molecule has 0 saturated heterocycles. The van der Waals surface area contributed by atoms with E-state index in [9.17, 15) is 0 Å². The summed E-state index contributed by atoms with van der Waals surface area (Å²) in [4.78, 5) is 0. The highest BCUT2D eigenvalue weighted by molar-refractivity contribution is 5.68. The molecule has 0 aliphatic carbocycles. The van der Waals surface area contributed by atoms with Crippen molar-refractivity contribution in [2.75, 3.05) is 0 Å². The van der Waals surface area contributed by atoms with E-state index in [1.54, 1.807) is 6.08 Å². The van der Waals surface area contributed by atoms with Gasteiger partial charge in [0.25, 0.3) is 0 Å². The third-order valence-corrected chi connectivity index (χ3v) is 0.814. The summed E-state index contributed by atoms with van der Waals surface area (Å²) >= 11 is 0. The zero-order valence-corrected chi connectivity index (χ0v) is 5.96. The van der Waals surface area contributed by atoms with Crippen LogP contribution in [0.25, 0.3) is 0 Å². The molecule has 9 heavy (non-hydrogen) atoms. The summed E-state index contributed by atoms with van der Waals surface area (Å²) in [6.45, 7) is 4.24. The van der Waals surface area contributed by atoms with E-state index in [0.717, 1.165) is 0 Å². The summed E-state index contributed by atoms with van der Waals surface area (Å²) in [6, 6.07) is 0. The van der Waals surface area contributed by atoms with Gasteiger partial charge in [-0.1, -0.05) is 32.1 Å². The summed E-state index contributed by atoms with van der Waals surface area (Å²) in [5.41, 5.74) is 0. The quantitative estimate of drug-likeness (QED) is 0.440. The van der Waals surface area contributed by atoms with Crippen LogP contribution in [0, 0.1) is 11.3 Å². The van der Waals surface area contributed by atoms with Crippen molar-refractivity contribution in [3.63, 3.8) is 0 Å². The summed E-state index contributed by atoms with van der Waals surface area (Å²) in [5.74, 6) is 0.598. The predicted molar refractivity (Wildman–Crippen MR) is 41.9 cm³/mol. The number of hydrogen-bond donors (Lipinski definition) is 1. The molecule has 1 nitrogen and oxygen atoms in total. The normalized spacial score (nSPS) is 11.9. The van der Waals surface area contributed by atoms with Gasteiger partial charge in [0.05, 0.1) is 0 Å². The van der Waals surface area contributed by atoms with Crippen molar-refractivity contribution < 1.29 is 0 Å². The largest absolute Gasteiger partial charge is 0.309 e. The number of nitrogens with one attached hydrogen (secondary N) is 1. The van der Waals surface area contributed by atoms with Crippen LogP contribution in [0.4, 0.5) is 0 Å². The molecule has 0 heterocycles. The van der Waals surface area contributed by atoms with Crippen LogP contribution in [0.1, 0.15) is 13.8 Å². The Hall–Kier alpha value is -0.850. The minimum Gasteiger partial charge on any atom is -0.309 e. The molecule has 0 amide bonds. The fourth-order valence-corrected chi connectivity index (χ4v) is 0.406. The maximum absolute atomic E-state index is 6.64.